The number of hydrogen-bond acceptors (Lipinski definition) is 3. The molecule has 0 N–H and O–H groups in total. The van der Waals surface area contributed by atoms with E-state index in [0.717, 1.165) is 13.1 Å². The molecule has 1 atom stereocenters. The van der Waals surface area contributed by atoms with Crippen LogP contribution < -0.4 is 0 Å². The van der Waals surface area contributed by atoms with Crippen molar-refractivity contribution in [2.45, 2.75) is 59.7 Å². The molecule has 0 unspecified atom stereocenters. The van der Waals surface area contributed by atoms with E-state index in [-0.39, 0.29) is 6.09 Å². The molecule has 0 radical (unpaired) electrons. The van der Waals surface area contributed by atoms with Gasteiger partial charge in [-0.05, 0) is 58.2 Å². The number of amides is 1. The van der Waals surface area contributed by atoms with Gasteiger partial charge in [0.25, 0.3) is 0 Å². The Morgan fingerprint density at radius 3 is 2.33 bits per heavy atom. The fourth-order valence-corrected chi connectivity index (χ4v) is 3.31. The Kier molecular flexibility index (Phi) is 5.97. The summed E-state index contributed by atoms with van der Waals surface area (Å²) in [6.07, 6.45) is -0.204. The highest BCUT2D eigenvalue weighted by molar-refractivity contribution is 9.10. The fraction of sp³-hybridized carbons (Fsp3) is 0.632. The highest BCUT2D eigenvalue weighted by Crippen LogP contribution is 2.24. The molecule has 1 aromatic carbocycles. The Morgan fingerprint density at radius 1 is 1.25 bits per heavy atom. The van der Waals surface area contributed by atoms with Crippen LogP contribution in [-0.2, 0) is 11.3 Å². The lowest BCUT2D eigenvalue weighted by Gasteiger charge is -2.40. The molecule has 1 aliphatic rings. The summed E-state index contributed by atoms with van der Waals surface area (Å²) in [4.78, 5) is 16.5. The molecule has 0 aliphatic carbocycles. The first kappa shape index (κ1) is 19.3. The van der Waals surface area contributed by atoms with Gasteiger partial charge < -0.3 is 9.64 Å². The topological polar surface area (TPSA) is 32.8 Å². The standard InChI is InChI=1S/C19H29BrN2O2/c1-13-9-16(10-14(2)17(13)20)12-21-7-8-22(11-15(21)3)18(23)24-19(4,5)6/h9-10,15H,7-8,11-12H2,1-6H3/t15-/m0/s1. The Hall–Kier alpha value is -1.07. The number of rotatable bonds is 2. The Morgan fingerprint density at radius 2 is 1.83 bits per heavy atom. The van der Waals surface area contributed by atoms with Crippen molar-refractivity contribution in [3.8, 4) is 0 Å². The maximum Gasteiger partial charge on any atom is 0.410 e. The van der Waals surface area contributed by atoms with Crippen molar-refractivity contribution in [3.05, 3.63) is 33.3 Å². The van der Waals surface area contributed by atoms with Gasteiger partial charge in [0.05, 0.1) is 0 Å². The summed E-state index contributed by atoms with van der Waals surface area (Å²) in [5.41, 5.74) is 3.42. The summed E-state index contributed by atoms with van der Waals surface area (Å²) in [6.45, 7) is 15.4. The quantitative estimate of drug-likeness (QED) is 0.736. The maximum absolute atomic E-state index is 12.2. The number of nitrogens with zero attached hydrogens (tertiary/aromatic N) is 2. The number of aryl methyl sites for hydroxylation is 2. The van der Waals surface area contributed by atoms with E-state index in [1.807, 2.05) is 25.7 Å². The van der Waals surface area contributed by atoms with Crippen molar-refractivity contribution in [3.63, 3.8) is 0 Å². The van der Waals surface area contributed by atoms with E-state index < -0.39 is 5.60 Å². The Balaban J connectivity index is 1.98. The van der Waals surface area contributed by atoms with Crippen molar-refractivity contribution in [1.29, 1.82) is 0 Å². The van der Waals surface area contributed by atoms with Gasteiger partial charge in [-0.3, -0.25) is 4.90 Å². The minimum atomic E-state index is -0.441. The van der Waals surface area contributed by atoms with Crippen LogP contribution in [0.25, 0.3) is 0 Å². The summed E-state index contributed by atoms with van der Waals surface area (Å²) in [5.74, 6) is 0. The first-order chi connectivity index (χ1) is 11.1. The SMILES string of the molecule is Cc1cc(CN2CCN(C(=O)OC(C)(C)C)C[C@@H]2C)cc(C)c1Br. The third-order valence-corrected chi connectivity index (χ3v) is 5.55. The van der Waals surface area contributed by atoms with E-state index in [2.05, 4.69) is 53.7 Å². The number of ether oxygens (including phenoxy) is 1. The van der Waals surface area contributed by atoms with E-state index in [4.69, 9.17) is 4.74 Å². The molecule has 1 saturated heterocycles. The molecule has 0 bridgehead atoms. The molecule has 1 aliphatic heterocycles. The van der Waals surface area contributed by atoms with Crippen molar-refractivity contribution in [2.24, 2.45) is 0 Å². The monoisotopic (exact) mass is 396 g/mol. The summed E-state index contributed by atoms with van der Waals surface area (Å²) < 4.78 is 6.68. The van der Waals surface area contributed by atoms with Crippen LogP contribution in [0.2, 0.25) is 0 Å². The van der Waals surface area contributed by atoms with Gasteiger partial charge in [-0.1, -0.05) is 28.1 Å². The summed E-state index contributed by atoms with van der Waals surface area (Å²) in [7, 11) is 0. The van der Waals surface area contributed by atoms with Crippen LogP contribution in [0.3, 0.4) is 0 Å². The number of benzene rings is 1. The second-order valence-electron chi connectivity index (χ2n) is 7.79. The van der Waals surface area contributed by atoms with E-state index in [0.29, 0.717) is 19.1 Å². The fourth-order valence-electron chi connectivity index (χ4n) is 3.08. The molecular weight excluding hydrogens is 368 g/mol. The van der Waals surface area contributed by atoms with E-state index in [9.17, 15) is 4.79 Å². The van der Waals surface area contributed by atoms with Crippen LogP contribution in [0.1, 0.15) is 44.4 Å². The summed E-state index contributed by atoms with van der Waals surface area (Å²) in [6, 6.07) is 4.80. The van der Waals surface area contributed by atoms with E-state index in [1.165, 1.54) is 21.2 Å². The minimum Gasteiger partial charge on any atom is -0.444 e. The molecule has 1 amide bonds. The molecule has 0 saturated carbocycles. The lowest BCUT2D eigenvalue weighted by molar-refractivity contribution is 0.00461. The largest absolute Gasteiger partial charge is 0.444 e. The lowest BCUT2D eigenvalue weighted by atomic mass is 10.1. The predicted octanol–water partition coefficient (Wildman–Crippen LogP) is 4.51. The van der Waals surface area contributed by atoms with Crippen molar-refractivity contribution < 1.29 is 9.53 Å². The molecule has 24 heavy (non-hydrogen) atoms. The first-order valence-corrected chi connectivity index (χ1v) is 9.33. The van der Waals surface area contributed by atoms with Crippen LogP contribution in [0.4, 0.5) is 4.79 Å². The normalized spacial score (nSPS) is 19.5. The first-order valence-electron chi connectivity index (χ1n) is 8.54. The number of hydrogen-bond donors (Lipinski definition) is 0. The zero-order valence-electron chi connectivity index (χ0n) is 15.6. The van der Waals surface area contributed by atoms with Crippen molar-refractivity contribution in [2.75, 3.05) is 19.6 Å². The van der Waals surface area contributed by atoms with Gasteiger partial charge in [0, 0.05) is 36.7 Å². The van der Waals surface area contributed by atoms with Gasteiger partial charge in [0.1, 0.15) is 5.60 Å². The van der Waals surface area contributed by atoms with Gasteiger partial charge in [0.2, 0.25) is 0 Å². The lowest BCUT2D eigenvalue weighted by Crippen LogP contribution is -2.54. The number of carbonyl (C=O) groups excluding carboxylic acids is 1. The third-order valence-electron chi connectivity index (χ3n) is 4.30. The van der Waals surface area contributed by atoms with Crippen LogP contribution in [0.15, 0.2) is 16.6 Å². The third kappa shape index (κ3) is 4.96. The van der Waals surface area contributed by atoms with Gasteiger partial charge in [-0.25, -0.2) is 4.79 Å². The average molecular weight is 397 g/mol. The molecule has 1 heterocycles. The average Bonchev–Trinajstić information content (AvgIpc) is 2.45. The molecule has 1 aromatic rings. The molecule has 134 valence electrons. The smallest absolute Gasteiger partial charge is 0.410 e. The molecule has 4 nitrogen and oxygen atoms in total. The molecule has 0 spiro atoms. The van der Waals surface area contributed by atoms with Crippen LogP contribution >= 0.6 is 15.9 Å². The second-order valence-corrected chi connectivity index (χ2v) is 8.58. The zero-order valence-corrected chi connectivity index (χ0v) is 17.2. The van der Waals surface area contributed by atoms with E-state index >= 15 is 0 Å². The van der Waals surface area contributed by atoms with Crippen LogP contribution in [0, 0.1) is 13.8 Å². The number of carbonyl (C=O) groups is 1. The Bertz CT molecular complexity index is 587. The van der Waals surface area contributed by atoms with Gasteiger partial charge in [-0.15, -0.1) is 0 Å². The molecule has 2 rings (SSSR count). The molecule has 0 aromatic heterocycles. The molecule has 1 fully saturated rings. The molecule has 5 heteroatoms. The van der Waals surface area contributed by atoms with Crippen molar-refractivity contribution in [1.82, 2.24) is 9.80 Å². The minimum absolute atomic E-state index is 0.204. The number of halogens is 1. The number of piperazine rings is 1. The Labute approximate surface area is 154 Å². The zero-order chi connectivity index (χ0) is 18.1. The summed E-state index contributed by atoms with van der Waals surface area (Å²) >= 11 is 3.63. The van der Waals surface area contributed by atoms with Crippen LogP contribution in [0.5, 0.6) is 0 Å². The highest BCUT2D eigenvalue weighted by atomic mass is 79.9. The second kappa shape index (κ2) is 7.44. The summed E-state index contributed by atoms with van der Waals surface area (Å²) in [5, 5.41) is 0. The van der Waals surface area contributed by atoms with Crippen LogP contribution in [-0.4, -0.2) is 47.2 Å². The maximum atomic E-state index is 12.2. The molecular formula is C19H29BrN2O2. The predicted molar refractivity (Wildman–Crippen MR) is 101 cm³/mol. The van der Waals surface area contributed by atoms with E-state index in [1.54, 1.807) is 0 Å². The van der Waals surface area contributed by atoms with Crippen molar-refractivity contribution >= 4 is 22.0 Å². The van der Waals surface area contributed by atoms with Gasteiger partial charge in [0.15, 0.2) is 0 Å². The van der Waals surface area contributed by atoms with Gasteiger partial charge >= 0.3 is 6.09 Å². The highest BCUT2D eigenvalue weighted by Gasteiger charge is 2.29. The van der Waals surface area contributed by atoms with Gasteiger partial charge in [-0.2, -0.15) is 0 Å².